The number of hydrogen-bond donors (Lipinski definition) is 1. The Bertz CT molecular complexity index is 629. The van der Waals surface area contributed by atoms with E-state index < -0.39 is 11.9 Å². The van der Waals surface area contributed by atoms with Gasteiger partial charge in [0.15, 0.2) is 11.5 Å². The Kier molecular flexibility index (Phi) is 4.32. The molecule has 2 rings (SSSR count). The number of aliphatic hydroxyl groups is 1. The van der Waals surface area contributed by atoms with Gasteiger partial charge in [-0.15, -0.1) is 0 Å². The molecule has 0 saturated carbocycles. The molecule has 0 atom stereocenters. The van der Waals surface area contributed by atoms with Crippen molar-refractivity contribution in [3.63, 3.8) is 0 Å². The fourth-order valence-corrected chi connectivity index (χ4v) is 1.64. The van der Waals surface area contributed by atoms with Crippen molar-refractivity contribution in [2.24, 2.45) is 0 Å². The Morgan fingerprint density at radius 3 is 2.52 bits per heavy atom. The third-order valence-corrected chi connectivity index (χ3v) is 2.64. The van der Waals surface area contributed by atoms with Crippen LogP contribution in [0.25, 0.3) is 0 Å². The molecule has 1 heterocycles. The summed E-state index contributed by atoms with van der Waals surface area (Å²) in [6.45, 7) is -0.182. The average molecular weight is 299 g/mol. The monoisotopic (exact) mass is 299 g/mol. The van der Waals surface area contributed by atoms with E-state index in [0.29, 0.717) is 11.3 Å². The summed E-state index contributed by atoms with van der Waals surface area (Å²) in [6.07, 6.45) is -4.54. The van der Waals surface area contributed by atoms with Gasteiger partial charge in [0.05, 0.1) is 13.7 Å². The lowest BCUT2D eigenvalue weighted by Gasteiger charge is -2.12. The highest BCUT2D eigenvalue weighted by Crippen LogP contribution is 2.33. The van der Waals surface area contributed by atoms with Crippen molar-refractivity contribution < 1.29 is 27.8 Å². The van der Waals surface area contributed by atoms with Crippen molar-refractivity contribution in [1.29, 1.82) is 0 Å². The minimum atomic E-state index is -4.54. The maximum Gasteiger partial charge on any atom is 0.433 e. The van der Waals surface area contributed by atoms with Crippen LogP contribution >= 0.6 is 0 Å². The first-order valence-electron chi connectivity index (χ1n) is 5.94. The standard InChI is InChI=1S/C14H12F3NO3/c1-20-11-7-9(8-19)5-6-10(11)21-13-4-2-3-12(18-13)14(15,16)17/h2-7,19H,8H2,1H3. The molecule has 0 aliphatic heterocycles. The van der Waals surface area contributed by atoms with E-state index in [2.05, 4.69) is 4.98 Å². The first-order valence-corrected chi connectivity index (χ1v) is 5.94. The van der Waals surface area contributed by atoms with Gasteiger partial charge in [0, 0.05) is 6.07 Å². The van der Waals surface area contributed by atoms with Crippen LogP contribution in [0.15, 0.2) is 36.4 Å². The summed E-state index contributed by atoms with van der Waals surface area (Å²) in [4.78, 5) is 3.41. The number of rotatable bonds is 4. The SMILES string of the molecule is COc1cc(CO)ccc1Oc1cccc(C(F)(F)F)n1. The van der Waals surface area contributed by atoms with E-state index in [-0.39, 0.29) is 18.2 Å². The van der Waals surface area contributed by atoms with Gasteiger partial charge in [0.25, 0.3) is 0 Å². The predicted molar refractivity (Wildman–Crippen MR) is 68.2 cm³/mol. The van der Waals surface area contributed by atoms with Crippen LogP contribution in [0.5, 0.6) is 17.4 Å². The Morgan fingerprint density at radius 2 is 1.90 bits per heavy atom. The van der Waals surface area contributed by atoms with Crippen molar-refractivity contribution in [2.75, 3.05) is 7.11 Å². The molecule has 0 bridgehead atoms. The van der Waals surface area contributed by atoms with Crippen LogP contribution in [0.3, 0.4) is 0 Å². The van der Waals surface area contributed by atoms with Crippen LogP contribution < -0.4 is 9.47 Å². The maximum atomic E-state index is 12.6. The van der Waals surface area contributed by atoms with Crippen molar-refractivity contribution in [3.8, 4) is 17.4 Å². The van der Waals surface area contributed by atoms with Gasteiger partial charge < -0.3 is 14.6 Å². The minimum absolute atomic E-state index is 0.182. The van der Waals surface area contributed by atoms with Crippen LogP contribution in [0.2, 0.25) is 0 Å². The van der Waals surface area contributed by atoms with Crippen LogP contribution in [0.4, 0.5) is 13.2 Å². The zero-order valence-electron chi connectivity index (χ0n) is 11.0. The molecule has 1 N–H and O–H groups in total. The van der Waals surface area contributed by atoms with E-state index in [1.54, 1.807) is 6.07 Å². The van der Waals surface area contributed by atoms with Gasteiger partial charge in [-0.3, -0.25) is 0 Å². The van der Waals surface area contributed by atoms with Crippen LogP contribution in [0.1, 0.15) is 11.3 Å². The molecule has 112 valence electrons. The highest BCUT2D eigenvalue weighted by atomic mass is 19.4. The number of methoxy groups -OCH3 is 1. The normalized spacial score (nSPS) is 11.3. The third kappa shape index (κ3) is 3.63. The van der Waals surface area contributed by atoms with Gasteiger partial charge in [-0.05, 0) is 23.8 Å². The molecule has 0 spiro atoms. The molecule has 0 aliphatic carbocycles. The molecule has 0 fully saturated rings. The topological polar surface area (TPSA) is 51.6 Å². The Balaban J connectivity index is 2.30. The fraction of sp³-hybridized carbons (Fsp3) is 0.214. The lowest BCUT2D eigenvalue weighted by atomic mass is 10.2. The largest absolute Gasteiger partial charge is 0.493 e. The number of benzene rings is 1. The molecule has 4 nitrogen and oxygen atoms in total. The fourth-order valence-electron chi connectivity index (χ4n) is 1.64. The molecule has 7 heteroatoms. The van der Waals surface area contributed by atoms with Gasteiger partial charge >= 0.3 is 6.18 Å². The summed E-state index contributed by atoms with van der Waals surface area (Å²) in [5.41, 5.74) is -0.442. The quantitative estimate of drug-likeness (QED) is 0.940. The number of halogens is 3. The Hall–Kier alpha value is -2.28. The first kappa shape index (κ1) is 15.1. The summed E-state index contributed by atoms with van der Waals surface area (Å²) in [7, 11) is 1.39. The predicted octanol–water partition coefficient (Wildman–Crippen LogP) is 3.39. The van der Waals surface area contributed by atoms with Crippen molar-refractivity contribution in [3.05, 3.63) is 47.7 Å². The first-order chi connectivity index (χ1) is 9.94. The highest BCUT2D eigenvalue weighted by molar-refractivity contribution is 5.44. The van der Waals surface area contributed by atoms with Crippen molar-refractivity contribution in [2.45, 2.75) is 12.8 Å². The zero-order valence-corrected chi connectivity index (χ0v) is 11.0. The second-order valence-electron chi connectivity index (χ2n) is 4.10. The Labute approximate surface area is 118 Å². The smallest absolute Gasteiger partial charge is 0.433 e. The molecular weight excluding hydrogens is 287 g/mol. The molecular formula is C14H12F3NO3. The van der Waals surface area contributed by atoms with Crippen LogP contribution in [0, 0.1) is 0 Å². The molecule has 2 aromatic rings. The van der Waals surface area contributed by atoms with Gasteiger partial charge in [0.2, 0.25) is 5.88 Å². The molecule has 1 aromatic carbocycles. The van der Waals surface area contributed by atoms with E-state index in [1.807, 2.05) is 0 Å². The molecule has 0 saturated heterocycles. The van der Waals surface area contributed by atoms with E-state index in [9.17, 15) is 13.2 Å². The number of pyridine rings is 1. The molecule has 0 radical (unpaired) electrons. The van der Waals surface area contributed by atoms with Gasteiger partial charge in [-0.1, -0.05) is 12.1 Å². The summed E-state index contributed by atoms with van der Waals surface area (Å²) < 4.78 is 48.1. The third-order valence-electron chi connectivity index (χ3n) is 2.64. The summed E-state index contributed by atoms with van der Waals surface area (Å²) >= 11 is 0. The number of aliphatic hydroxyl groups excluding tert-OH is 1. The lowest BCUT2D eigenvalue weighted by Crippen LogP contribution is -2.08. The van der Waals surface area contributed by atoms with E-state index >= 15 is 0 Å². The van der Waals surface area contributed by atoms with E-state index in [1.165, 1.54) is 31.4 Å². The van der Waals surface area contributed by atoms with Crippen molar-refractivity contribution >= 4 is 0 Å². The minimum Gasteiger partial charge on any atom is -0.493 e. The van der Waals surface area contributed by atoms with Crippen molar-refractivity contribution in [1.82, 2.24) is 4.98 Å². The molecule has 0 aliphatic rings. The Morgan fingerprint density at radius 1 is 1.14 bits per heavy atom. The molecule has 0 amide bonds. The number of hydrogen-bond acceptors (Lipinski definition) is 4. The summed E-state index contributed by atoms with van der Waals surface area (Å²) in [5.74, 6) is 0.308. The summed E-state index contributed by atoms with van der Waals surface area (Å²) in [5, 5.41) is 9.03. The molecule has 0 unspecified atom stereocenters. The maximum absolute atomic E-state index is 12.6. The number of aromatic nitrogens is 1. The molecule has 21 heavy (non-hydrogen) atoms. The zero-order chi connectivity index (χ0) is 15.5. The van der Waals surface area contributed by atoms with Gasteiger partial charge in [-0.2, -0.15) is 13.2 Å². The van der Waals surface area contributed by atoms with Crippen LogP contribution in [-0.2, 0) is 12.8 Å². The van der Waals surface area contributed by atoms with E-state index in [0.717, 1.165) is 6.07 Å². The second-order valence-corrected chi connectivity index (χ2v) is 4.10. The average Bonchev–Trinajstić information content (AvgIpc) is 2.47. The number of alkyl halides is 3. The number of nitrogens with zero attached hydrogens (tertiary/aromatic N) is 1. The van der Waals surface area contributed by atoms with Gasteiger partial charge in [-0.25, -0.2) is 4.98 Å². The van der Waals surface area contributed by atoms with Gasteiger partial charge in [0.1, 0.15) is 5.69 Å². The molecule has 1 aromatic heterocycles. The van der Waals surface area contributed by atoms with E-state index in [4.69, 9.17) is 14.6 Å². The number of ether oxygens (including phenoxy) is 2. The van der Waals surface area contributed by atoms with Crippen LogP contribution in [-0.4, -0.2) is 17.2 Å². The lowest BCUT2D eigenvalue weighted by molar-refractivity contribution is -0.141. The summed E-state index contributed by atoms with van der Waals surface area (Å²) in [6, 6.07) is 7.98. The highest BCUT2D eigenvalue weighted by Gasteiger charge is 2.32. The second kappa shape index (κ2) is 6.01.